The quantitative estimate of drug-likeness (QED) is 0.645. The van der Waals surface area contributed by atoms with Gasteiger partial charge in [-0.1, -0.05) is 0 Å². The van der Waals surface area contributed by atoms with E-state index >= 15 is 0 Å². The maximum Gasteiger partial charge on any atom is 0.225 e. The Morgan fingerprint density at radius 2 is 2.30 bits per heavy atom. The smallest absolute Gasteiger partial charge is 0.225 e. The standard InChI is InChI=1S/C14H18N4OS/c1-18(2)10-16-13-5-4-12(8-11(13)9-15)17-14(19)6-7-20-3/h4-5,8,10H,6-7H2,1-3H3,(H,17,19). The van der Waals surface area contributed by atoms with E-state index in [2.05, 4.69) is 16.4 Å². The highest BCUT2D eigenvalue weighted by Crippen LogP contribution is 2.22. The summed E-state index contributed by atoms with van der Waals surface area (Å²) in [5.41, 5.74) is 1.64. The van der Waals surface area contributed by atoms with Gasteiger partial charge < -0.3 is 10.2 Å². The van der Waals surface area contributed by atoms with Crippen LogP contribution in [0.1, 0.15) is 12.0 Å². The van der Waals surface area contributed by atoms with E-state index in [9.17, 15) is 4.79 Å². The number of nitrogens with zero attached hydrogens (tertiary/aromatic N) is 3. The number of benzene rings is 1. The molecule has 0 atom stereocenters. The SMILES string of the molecule is CSCCC(=O)Nc1ccc(N=CN(C)C)c(C#N)c1. The summed E-state index contributed by atoms with van der Waals surface area (Å²) in [4.78, 5) is 17.6. The molecule has 0 unspecified atom stereocenters. The number of hydrogen-bond donors (Lipinski definition) is 1. The van der Waals surface area contributed by atoms with Crippen molar-refractivity contribution in [2.45, 2.75) is 6.42 Å². The minimum absolute atomic E-state index is 0.0483. The number of thioether (sulfide) groups is 1. The van der Waals surface area contributed by atoms with Crippen molar-refractivity contribution in [2.24, 2.45) is 4.99 Å². The maximum atomic E-state index is 11.6. The highest BCUT2D eigenvalue weighted by atomic mass is 32.2. The Balaban J connectivity index is 2.82. The molecule has 1 aromatic rings. The number of nitrogens with one attached hydrogen (secondary N) is 1. The van der Waals surface area contributed by atoms with E-state index in [-0.39, 0.29) is 5.91 Å². The molecule has 0 aliphatic carbocycles. The molecule has 0 saturated heterocycles. The van der Waals surface area contributed by atoms with Crippen molar-refractivity contribution in [3.8, 4) is 6.07 Å². The van der Waals surface area contributed by atoms with Gasteiger partial charge in [-0.25, -0.2) is 4.99 Å². The maximum absolute atomic E-state index is 11.6. The van der Waals surface area contributed by atoms with E-state index in [0.29, 0.717) is 23.4 Å². The lowest BCUT2D eigenvalue weighted by Crippen LogP contribution is -2.12. The molecule has 0 bridgehead atoms. The Hall–Kier alpha value is -2.00. The number of rotatable bonds is 6. The van der Waals surface area contributed by atoms with Crippen LogP contribution in [0, 0.1) is 11.3 Å². The van der Waals surface area contributed by atoms with Crippen molar-refractivity contribution in [3.63, 3.8) is 0 Å². The van der Waals surface area contributed by atoms with Gasteiger partial charge in [-0.15, -0.1) is 0 Å². The van der Waals surface area contributed by atoms with Crippen molar-refractivity contribution >= 4 is 35.4 Å². The summed E-state index contributed by atoms with van der Waals surface area (Å²) in [5, 5.41) is 11.9. The number of aliphatic imine (C=N–C) groups is 1. The molecule has 5 nitrogen and oxygen atoms in total. The molecular weight excluding hydrogens is 272 g/mol. The summed E-state index contributed by atoms with van der Waals surface area (Å²) >= 11 is 1.62. The number of hydrogen-bond acceptors (Lipinski definition) is 4. The molecular formula is C14H18N4OS. The van der Waals surface area contributed by atoms with Crippen molar-refractivity contribution in [3.05, 3.63) is 23.8 Å². The third-order valence-corrected chi connectivity index (χ3v) is 2.97. The molecule has 0 fully saturated rings. The molecule has 0 aliphatic heterocycles. The van der Waals surface area contributed by atoms with E-state index in [4.69, 9.17) is 5.26 Å². The van der Waals surface area contributed by atoms with Crippen LogP contribution in [-0.2, 0) is 4.79 Å². The predicted octanol–water partition coefficient (Wildman–Crippen LogP) is 2.47. The van der Waals surface area contributed by atoms with E-state index in [1.165, 1.54) is 0 Å². The topological polar surface area (TPSA) is 68.5 Å². The van der Waals surface area contributed by atoms with Crippen LogP contribution in [0.5, 0.6) is 0 Å². The summed E-state index contributed by atoms with van der Waals surface area (Å²) in [6.07, 6.45) is 4.05. The fraction of sp³-hybridized carbons (Fsp3) is 0.357. The zero-order valence-electron chi connectivity index (χ0n) is 11.9. The Kier molecular flexibility index (Phi) is 6.60. The minimum atomic E-state index is -0.0483. The van der Waals surface area contributed by atoms with Gasteiger partial charge in [0, 0.05) is 32.0 Å². The lowest BCUT2D eigenvalue weighted by molar-refractivity contribution is -0.115. The Bertz CT molecular complexity index is 534. The molecule has 0 radical (unpaired) electrons. The van der Waals surface area contributed by atoms with E-state index < -0.39 is 0 Å². The molecule has 0 aromatic heterocycles. The van der Waals surface area contributed by atoms with Crippen LogP contribution in [0.25, 0.3) is 0 Å². The number of carbonyl (C=O) groups excluding carboxylic acids is 1. The van der Waals surface area contributed by atoms with Gasteiger partial charge >= 0.3 is 0 Å². The third-order valence-electron chi connectivity index (χ3n) is 2.36. The van der Waals surface area contributed by atoms with E-state index in [1.54, 1.807) is 41.2 Å². The summed E-state index contributed by atoms with van der Waals surface area (Å²) in [7, 11) is 3.71. The first-order valence-electron chi connectivity index (χ1n) is 6.10. The zero-order valence-corrected chi connectivity index (χ0v) is 12.7. The molecule has 0 aliphatic rings. The van der Waals surface area contributed by atoms with E-state index in [1.807, 2.05) is 20.4 Å². The molecule has 0 spiro atoms. The van der Waals surface area contributed by atoms with Crippen LogP contribution >= 0.6 is 11.8 Å². The van der Waals surface area contributed by atoms with Gasteiger partial charge in [0.05, 0.1) is 17.6 Å². The van der Waals surface area contributed by atoms with Crippen LogP contribution < -0.4 is 5.32 Å². The first kappa shape index (κ1) is 16.1. The molecule has 106 valence electrons. The number of carbonyl (C=O) groups is 1. The lowest BCUT2D eigenvalue weighted by atomic mass is 10.1. The molecule has 6 heteroatoms. The predicted molar refractivity (Wildman–Crippen MR) is 84.6 cm³/mol. The van der Waals surface area contributed by atoms with Gasteiger partial charge in [-0.05, 0) is 24.5 Å². The number of amides is 1. The molecule has 1 amide bonds. The summed E-state index contributed by atoms with van der Waals surface area (Å²) in [5.74, 6) is 0.732. The summed E-state index contributed by atoms with van der Waals surface area (Å²) in [6.45, 7) is 0. The Morgan fingerprint density at radius 1 is 1.55 bits per heavy atom. The molecule has 0 heterocycles. The second-order valence-electron chi connectivity index (χ2n) is 4.34. The normalized spacial score (nSPS) is 10.3. The van der Waals surface area contributed by atoms with Gasteiger partial charge in [-0.3, -0.25) is 4.79 Å². The number of anilines is 1. The second kappa shape index (κ2) is 8.23. The van der Waals surface area contributed by atoms with Crippen molar-refractivity contribution in [1.29, 1.82) is 5.26 Å². The lowest BCUT2D eigenvalue weighted by Gasteiger charge is -2.07. The van der Waals surface area contributed by atoms with Gasteiger partial charge in [0.25, 0.3) is 0 Å². The highest BCUT2D eigenvalue weighted by molar-refractivity contribution is 7.98. The van der Waals surface area contributed by atoms with Crippen LogP contribution in [0.4, 0.5) is 11.4 Å². The first-order valence-corrected chi connectivity index (χ1v) is 7.49. The zero-order chi connectivity index (χ0) is 15.0. The average molecular weight is 290 g/mol. The fourth-order valence-electron chi connectivity index (χ4n) is 1.41. The molecule has 1 N–H and O–H groups in total. The second-order valence-corrected chi connectivity index (χ2v) is 5.33. The van der Waals surface area contributed by atoms with Gasteiger partial charge in [0.1, 0.15) is 6.07 Å². The molecule has 20 heavy (non-hydrogen) atoms. The Morgan fingerprint density at radius 3 is 2.90 bits per heavy atom. The molecule has 0 saturated carbocycles. The van der Waals surface area contributed by atoms with Gasteiger partial charge in [-0.2, -0.15) is 17.0 Å². The minimum Gasteiger partial charge on any atom is -0.369 e. The van der Waals surface area contributed by atoms with Gasteiger partial charge in [0.2, 0.25) is 5.91 Å². The summed E-state index contributed by atoms with van der Waals surface area (Å²) < 4.78 is 0. The van der Waals surface area contributed by atoms with Crippen LogP contribution in [0.15, 0.2) is 23.2 Å². The highest BCUT2D eigenvalue weighted by Gasteiger charge is 2.05. The monoisotopic (exact) mass is 290 g/mol. The van der Waals surface area contributed by atoms with Crippen LogP contribution in [0.3, 0.4) is 0 Å². The largest absolute Gasteiger partial charge is 0.369 e. The number of nitriles is 1. The van der Waals surface area contributed by atoms with E-state index in [0.717, 1.165) is 5.75 Å². The van der Waals surface area contributed by atoms with Crippen molar-refractivity contribution in [1.82, 2.24) is 4.90 Å². The van der Waals surface area contributed by atoms with Crippen molar-refractivity contribution < 1.29 is 4.79 Å². The Labute approximate surface area is 123 Å². The first-order chi connectivity index (χ1) is 9.56. The van der Waals surface area contributed by atoms with Crippen molar-refractivity contribution in [2.75, 3.05) is 31.4 Å². The molecule has 1 aromatic carbocycles. The average Bonchev–Trinajstić information content (AvgIpc) is 2.43. The van der Waals surface area contributed by atoms with Gasteiger partial charge in [0.15, 0.2) is 0 Å². The third kappa shape index (κ3) is 5.33. The van der Waals surface area contributed by atoms with Crippen LogP contribution in [0.2, 0.25) is 0 Å². The fourth-order valence-corrected chi connectivity index (χ4v) is 1.80. The van der Waals surface area contributed by atoms with Crippen LogP contribution in [-0.4, -0.2) is 43.2 Å². The summed E-state index contributed by atoms with van der Waals surface area (Å²) in [6, 6.07) is 7.20. The molecule has 1 rings (SSSR count).